The second-order valence-electron chi connectivity index (χ2n) is 4.56. The van der Waals surface area contributed by atoms with E-state index in [1.54, 1.807) is 12.1 Å². The lowest BCUT2D eigenvalue weighted by Crippen LogP contribution is -2.33. The Hall–Kier alpha value is -1.55. The number of hydrazine groups is 1. The fourth-order valence-corrected chi connectivity index (χ4v) is 1.88. The molecule has 1 rings (SSSR count). The van der Waals surface area contributed by atoms with Gasteiger partial charge in [-0.3, -0.25) is 10.6 Å². The van der Waals surface area contributed by atoms with Gasteiger partial charge in [-0.25, -0.2) is 0 Å². The highest BCUT2D eigenvalue weighted by Crippen LogP contribution is 2.14. The Morgan fingerprint density at radius 2 is 2.06 bits per heavy atom. The Bertz CT molecular complexity index is 379. The van der Waals surface area contributed by atoms with Gasteiger partial charge in [0.1, 0.15) is 0 Å². The average Bonchev–Trinajstić information content (AvgIpc) is 2.39. The van der Waals surface area contributed by atoms with Gasteiger partial charge in [0.05, 0.1) is 11.3 Å². The predicted octanol–water partition coefficient (Wildman–Crippen LogP) is 2.67. The second kappa shape index (κ2) is 7.71. The largest absolute Gasteiger partial charge is 0.350 e. The molecule has 1 amide bonds. The van der Waals surface area contributed by atoms with E-state index in [0.717, 1.165) is 12.8 Å². The smallest absolute Gasteiger partial charge is 0.253 e. The summed E-state index contributed by atoms with van der Waals surface area (Å²) >= 11 is 0. The van der Waals surface area contributed by atoms with Crippen LogP contribution in [0.5, 0.6) is 0 Å². The number of hydrogen-bond acceptors (Lipinski definition) is 3. The lowest BCUT2D eigenvalue weighted by molar-refractivity contribution is 0.0938. The van der Waals surface area contributed by atoms with Gasteiger partial charge < -0.3 is 10.7 Å². The first-order chi connectivity index (χ1) is 8.69. The molecule has 0 fully saturated rings. The number of hydrogen-bond donors (Lipinski definition) is 3. The quantitative estimate of drug-likeness (QED) is 0.395. The van der Waals surface area contributed by atoms with E-state index in [1.165, 1.54) is 12.8 Å². The van der Waals surface area contributed by atoms with Gasteiger partial charge >= 0.3 is 0 Å². The highest BCUT2D eigenvalue weighted by atomic mass is 16.1. The van der Waals surface area contributed by atoms with Crippen molar-refractivity contribution in [2.24, 2.45) is 5.84 Å². The van der Waals surface area contributed by atoms with Crippen molar-refractivity contribution in [2.75, 3.05) is 5.43 Å². The minimum Gasteiger partial charge on any atom is -0.350 e. The Balaban J connectivity index is 2.54. The minimum atomic E-state index is -0.0763. The molecule has 0 bridgehead atoms. The van der Waals surface area contributed by atoms with E-state index in [1.807, 2.05) is 19.1 Å². The number of unbranched alkanes of at least 4 members (excludes halogenated alkanes) is 2. The van der Waals surface area contributed by atoms with Crippen LogP contribution in [0, 0.1) is 0 Å². The van der Waals surface area contributed by atoms with Crippen LogP contribution in [0.2, 0.25) is 0 Å². The van der Waals surface area contributed by atoms with Crippen LogP contribution in [0.4, 0.5) is 5.69 Å². The van der Waals surface area contributed by atoms with Gasteiger partial charge in [0, 0.05) is 6.04 Å². The molecule has 18 heavy (non-hydrogen) atoms. The molecule has 0 radical (unpaired) electrons. The zero-order valence-corrected chi connectivity index (χ0v) is 11.2. The van der Waals surface area contributed by atoms with Crippen molar-refractivity contribution in [3.8, 4) is 0 Å². The van der Waals surface area contributed by atoms with Crippen LogP contribution in [0.1, 0.15) is 49.9 Å². The minimum absolute atomic E-state index is 0.0763. The van der Waals surface area contributed by atoms with Crippen molar-refractivity contribution >= 4 is 11.6 Å². The van der Waals surface area contributed by atoms with Gasteiger partial charge in [-0.1, -0.05) is 38.3 Å². The Morgan fingerprint density at radius 3 is 2.72 bits per heavy atom. The predicted molar refractivity (Wildman–Crippen MR) is 75.3 cm³/mol. The third-order valence-corrected chi connectivity index (χ3v) is 2.95. The summed E-state index contributed by atoms with van der Waals surface area (Å²) in [6.45, 7) is 4.21. The monoisotopic (exact) mass is 249 g/mol. The van der Waals surface area contributed by atoms with E-state index in [9.17, 15) is 4.79 Å². The summed E-state index contributed by atoms with van der Waals surface area (Å²) in [5.74, 6) is 5.31. The lowest BCUT2D eigenvalue weighted by atomic mass is 10.1. The molecule has 4 N–H and O–H groups in total. The molecule has 0 aliphatic heterocycles. The Morgan fingerprint density at radius 1 is 1.33 bits per heavy atom. The maximum atomic E-state index is 12.1. The molecule has 0 aromatic heterocycles. The fourth-order valence-electron chi connectivity index (χ4n) is 1.88. The Kier molecular flexibility index (Phi) is 6.22. The van der Waals surface area contributed by atoms with E-state index in [4.69, 9.17) is 5.84 Å². The van der Waals surface area contributed by atoms with Crippen LogP contribution < -0.4 is 16.6 Å². The normalized spacial score (nSPS) is 11.9. The molecule has 1 unspecified atom stereocenters. The number of amides is 1. The summed E-state index contributed by atoms with van der Waals surface area (Å²) in [7, 11) is 0. The summed E-state index contributed by atoms with van der Waals surface area (Å²) in [5, 5.41) is 3.00. The molecular formula is C14H23N3O. The van der Waals surface area contributed by atoms with Gasteiger partial charge in [0.2, 0.25) is 0 Å². The first-order valence-electron chi connectivity index (χ1n) is 6.55. The van der Waals surface area contributed by atoms with Gasteiger partial charge in [-0.15, -0.1) is 0 Å². The molecule has 0 aliphatic carbocycles. The third kappa shape index (κ3) is 4.37. The molecular weight excluding hydrogens is 226 g/mol. The number of benzene rings is 1. The van der Waals surface area contributed by atoms with Crippen LogP contribution in [0.3, 0.4) is 0 Å². The molecule has 0 aliphatic rings. The summed E-state index contributed by atoms with van der Waals surface area (Å²) in [5.41, 5.74) is 3.78. The molecule has 4 heteroatoms. The number of nitrogens with two attached hydrogens (primary N) is 1. The van der Waals surface area contributed by atoms with Crippen molar-refractivity contribution in [3.05, 3.63) is 29.8 Å². The maximum Gasteiger partial charge on any atom is 0.253 e. The van der Waals surface area contributed by atoms with Crippen LogP contribution >= 0.6 is 0 Å². The zero-order valence-electron chi connectivity index (χ0n) is 11.2. The molecule has 1 aromatic rings. The van der Waals surface area contributed by atoms with Gasteiger partial charge in [-0.05, 0) is 25.5 Å². The lowest BCUT2D eigenvalue weighted by Gasteiger charge is -2.15. The fraction of sp³-hybridized carbons (Fsp3) is 0.500. The van der Waals surface area contributed by atoms with Crippen LogP contribution in [0.15, 0.2) is 24.3 Å². The summed E-state index contributed by atoms with van der Waals surface area (Å²) in [6.07, 6.45) is 4.56. The molecule has 0 spiro atoms. The summed E-state index contributed by atoms with van der Waals surface area (Å²) in [6, 6.07) is 7.42. The molecule has 100 valence electrons. The number of para-hydroxylation sites is 1. The second-order valence-corrected chi connectivity index (χ2v) is 4.56. The van der Waals surface area contributed by atoms with Crippen LogP contribution in [0.25, 0.3) is 0 Å². The van der Waals surface area contributed by atoms with E-state index in [0.29, 0.717) is 11.3 Å². The molecule has 4 nitrogen and oxygen atoms in total. The average molecular weight is 249 g/mol. The number of carbonyl (C=O) groups excluding carboxylic acids is 1. The summed E-state index contributed by atoms with van der Waals surface area (Å²) < 4.78 is 0. The standard InChI is InChI=1S/C14H23N3O/c1-3-4-5-8-11(2)16-14(18)12-9-6-7-10-13(12)17-15/h6-7,9-11,17H,3-5,8,15H2,1-2H3,(H,16,18). The molecule has 1 aromatic carbocycles. The highest BCUT2D eigenvalue weighted by Gasteiger charge is 2.12. The van der Waals surface area contributed by atoms with E-state index in [-0.39, 0.29) is 11.9 Å². The van der Waals surface area contributed by atoms with Crippen LogP contribution in [-0.2, 0) is 0 Å². The van der Waals surface area contributed by atoms with Crippen LogP contribution in [-0.4, -0.2) is 11.9 Å². The number of nitrogen functional groups attached to an aromatic ring is 1. The zero-order chi connectivity index (χ0) is 13.4. The molecule has 0 heterocycles. The van der Waals surface area contributed by atoms with Crippen molar-refractivity contribution in [1.29, 1.82) is 0 Å². The number of carbonyl (C=O) groups is 1. The van der Waals surface area contributed by atoms with E-state index < -0.39 is 0 Å². The van der Waals surface area contributed by atoms with E-state index in [2.05, 4.69) is 17.7 Å². The van der Waals surface area contributed by atoms with Gasteiger partial charge in [0.15, 0.2) is 0 Å². The maximum absolute atomic E-state index is 12.1. The van der Waals surface area contributed by atoms with Gasteiger partial charge in [-0.2, -0.15) is 0 Å². The van der Waals surface area contributed by atoms with Crippen molar-refractivity contribution < 1.29 is 4.79 Å². The molecule has 1 atom stereocenters. The number of rotatable bonds is 7. The Labute approximate surface area is 109 Å². The topological polar surface area (TPSA) is 67.2 Å². The van der Waals surface area contributed by atoms with Crippen molar-refractivity contribution in [1.82, 2.24) is 5.32 Å². The molecule has 0 saturated heterocycles. The first-order valence-corrected chi connectivity index (χ1v) is 6.55. The molecule has 0 saturated carbocycles. The van der Waals surface area contributed by atoms with Gasteiger partial charge in [0.25, 0.3) is 5.91 Å². The van der Waals surface area contributed by atoms with Crippen molar-refractivity contribution in [2.45, 2.75) is 45.6 Å². The number of nitrogens with one attached hydrogen (secondary N) is 2. The first kappa shape index (κ1) is 14.5. The third-order valence-electron chi connectivity index (χ3n) is 2.95. The SMILES string of the molecule is CCCCCC(C)NC(=O)c1ccccc1NN. The highest BCUT2D eigenvalue weighted by molar-refractivity contribution is 5.99. The summed E-state index contributed by atoms with van der Waals surface area (Å²) in [4.78, 5) is 12.1. The van der Waals surface area contributed by atoms with E-state index >= 15 is 0 Å². The van der Waals surface area contributed by atoms with Crippen molar-refractivity contribution in [3.63, 3.8) is 0 Å². The number of anilines is 1.